The Bertz CT molecular complexity index is 1530. The van der Waals surface area contributed by atoms with Crippen LogP contribution < -0.4 is 31.9 Å². The number of benzene rings is 1. The minimum Gasteiger partial charge on any atom is -0.481 e. The van der Waals surface area contributed by atoms with Crippen molar-refractivity contribution in [1.82, 2.24) is 20.9 Å². The number of morpholine rings is 1. The molecule has 15 nitrogen and oxygen atoms in total. The number of amidine groups is 1. The van der Waals surface area contributed by atoms with Crippen molar-refractivity contribution in [2.75, 3.05) is 36.5 Å². The summed E-state index contributed by atoms with van der Waals surface area (Å²) in [5.74, 6) is -1.96. The van der Waals surface area contributed by atoms with Gasteiger partial charge in [-0.2, -0.15) is 0 Å². The third-order valence-electron chi connectivity index (χ3n) is 7.47. The van der Waals surface area contributed by atoms with E-state index in [2.05, 4.69) is 36.1 Å². The van der Waals surface area contributed by atoms with Crippen LogP contribution in [0.1, 0.15) is 51.7 Å². The first-order valence-electron chi connectivity index (χ1n) is 15.2. The maximum Gasteiger partial charge on any atom is 0.408 e. The molecule has 0 saturated carbocycles. The van der Waals surface area contributed by atoms with Crippen LogP contribution in [0.2, 0.25) is 0 Å². The zero-order valence-corrected chi connectivity index (χ0v) is 27.0. The molecule has 2 atom stereocenters. The lowest BCUT2D eigenvalue weighted by Crippen LogP contribution is -2.61. The van der Waals surface area contributed by atoms with Crippen molar-refractivity contribution < 1.29 is 33.8 Å². The summed E-state index contributed by atoms with van der Waals surface area (Å²) in [6.07, 6.45) is 3.57. The molecule has 7 N–H and O–H groups in total. The largest absolute Gasteiger partial charge is 0.481 e. The van der Waals surface area contributed by atoms with Crippen LogP contribution in [-0.2, 0) is 30.4 Å². The van der Waals surface area contributed by atoms with Gasteiger partial charge in [-0.25, -0.2) is 9.79 Å². The lowest BCUT2D eigenvalue weighted by Gasteiger charge is -2.34. The Labute approximate surface area is 273 Å². The summed E-state index contributed by atoms with van der Waals surface area (Å²) in [5, 5.41) is 20.5. The van der Waals surface area contributed by atoms with E-state index < -0.39 is 41.1 Å². The van der Waals surface area contributed by atoms with E-state index in [0.717, 1.165) is 16.8 Å². The third-order valence-corrected chi connectivity index (χ3v) is 7.47. The van der Waals surface area contributed by atoms with Crippen LogP contribution in [0.4, 0.5) is 16.2 Å². The average molecular weight is 651 g/mol. The summed E-state index contributed by atoms with van der Waals surface area (Å²) in [7, 11) is 0. The first kappa shape index (κ1) is 34.7. The fourth-order valence-electron chi connectivity index (χ4n) is 4.86. The molecular formula is C32H42N8O7. The van der Waals surface area contributed by atoms with Gasteiger partial charge in [0, 0.05) is 32.3 Å². The molecule has 252 valence electrons. The number of aliphatic carboxylic acids is 1. The summed E-state index contributed by atoms with van der Waals surface area (Å²) in [6, 6.07) is 7.92. The number of aromatic nitrogens is 1. The van der Waals surface area contributed by atoms with Crippen LogP contribution in [0.3, 0.4) is 0 Å². The molecule has 2 aliphatic heterocycles. The lowest BCUT2D eigenvalue weighted by atomic mass is 9.96. The molecule has 3 amide bonds. The van der Waals surface area contributed by atoms with Gasteiger partial charge in [-0.3, -0.25) is 19.4 Å². The summed E-state index contributed by atoms with van der Waals surface area (Å²) in [4.78, 5) is 60.5. The zero-order valence-electron chi connectivity index (χ0n) is 27.0. The smallest absolute Gasteiger partial charge is 0.408 e. The summed E-state index contributed by atoms with van der Waals surface area (Å²) in [5.41, 5.74) is 7.47. The predicted octanol–water partition coefficient (Wildman–Crippen LogP) is 1.95. The molecule has 1 fully saturated rings. The van der Waals surface area contributed by atoms with E-state index in [9.17, 15) is 19.2 Å². The Morgan fingerprint density at radius 1 is 1.15 bits per heavy atom. The van der Waals surface area contributed by atoms with Crippen molar-refractivity contribution in [2.45, 2.75) is 64.3 Å². The van der Waals surface area contributed by atoms with Crippen molar-refractivity contribution >= 4 is 46.8 Å². The number of carboxylic acid groups (broad SMARTS) is 1. The van der Waals surface area contributed by atoms with Crippen LogP contribution in [0.15, 0.2) is 53.9 Å². The number of amides is 3. The standard InChI is InChI=1S/C32H42N8O7/c1-31(2,3)47-30(45)38-22(9-10-26(41)42)27(43)35-17-20-5-7-21(8-6-20)23-19-36-28(33)32(4,39-23)29(44)37-24-18-34-12-11-25(24)40-13-15-46-16-14-40/h5-8,11-12,18-19,22,39H,9-10,13-17H2,1-4H3,(H2,33,36)(H,35,43)(H,37,44)(H,38,45)(H,41,42). The summed E-state index contributed by atoms with van der Waals surface area (Å²) >= 11 is 0. The Morgan fingerprint density at radius 3 is 2.51 bits per heavy atom. The quantitative estimate of drug-likeness (QED) is 0.207. The number of aliphatic imine (C=N–C) groups is 1. The van der Waals surface area contributed by atoms with Gasteiger partial charge < -0.3 is 46.5 Å². The number of anilines is 2. The Morgan fingerprint density at radius 2 is 1.85 bits per heavy atom. The fraction of sp³-hybridized carbons (Fsp3) is 0.438. The molecule has 0 aliphatic carbocycles. The molecule has 2 aromatic rings. The molecule has 47 heavy (non-hydrogen) atoms. The second-order valence-corrected chi connectivity index (χ2v) is 12.3. The number of alkyl carbamates (subject to hydrolysis) is 1. The van der Waals surface area contributed by atoms with E-state index in [1.165, 1.54) is 0 Å². The lowest BCUT2D eigenvalue weighted by molar-refractivity contribution is -0.137. The highest BCUT2D eigenvalue weighted by Crippen LogP contribution is 2.28. The van der Waals surface area contributed by atoms with Crippen LogP contribution >= 0.6 is 0 Å². The fourth-order valence-corrected chi connectivity index (χ4v) is 4.86. The number of pyridine rings is 1. The Balaban J connectivity index is 1.39. The summed E-state index contributed by atoms with van der Waals surface area (Å²) < 4.78 is 10.7. The van der Waals surface area contributed by atoms with E-state index in [0.29, 0.717) is 37.7 Å². The average Bonchev–Trinajstić information content (AvgIpc) is 3.03. The van der Waals surface area contributed by atoms with Crippen LogP contribution in [0.5, 0.6) is 0 Å². The third kappa shape index (κ3) is 9.42. The van der Waals surface area contributed by atoms with E-state index in [-0.39, 0.29) is 25.2 Å². The number of hydrogen-bond acceptors (Lipinski definition) is 11. The van der Waals surface area contributed by atoms with Crippen LogP contribution in [-0.4, -0.2) is 83.3 Å². The number of carboxylic acids is 1. The molecule has 2 unspecified atom stereocenters. The maximum absolute atomic E-state index is 13.6. The Kier molecular flexibility index (Phi) is 11.0. The number of carbonyl (C=O) groups is 4. The maximum atomic E-state index is 13.6. The second kappa shape index (κ2) is 14.9. The van der Waals surface area contributed by atoms with Gasteiger partial charge in [-0.15, -0.1) is 0 Å². The van der Waals surface area contributed by atoms with E-state index in [1.807, 2.05) is 6.07 Å². The van der Waals surface area contributed by atoms with Crippen molar-refractivity contribution in [1.29, 1.82) is 0 Å². The van der Waals surface area contributed by atoms with Crippen molar-refractivity contribution in [3.63, 3.8) is 0 Å². The van der Waals surface area contributed by atoms with Crippen LogP contribution in [0.25, 0.3) is 5.70 Å². The minimum absolute atomic E-state index is 0.0901. The molecule has 15 heteroatoms. The molecule has 4 rings (SSSR count). The van der Waals surface area contributed by atoms with Gasteiger partial charge >= 0.3 is 12.1 Å². The molecule has 0 bridgehead atoms. The number of nitrogens with two attached hydrogens (primary N) is 1. The number of nitrogens with one attached hydrogen (secondary N) is 4. The highest BCUT2D eigenvalue weighted by molar-refractivity contribution is 6.18. The van der Waals surface area contributed by atoms with E-state index in [1.54, 1.807) is 70.6 Å². The monoisotopic (exact) mass is 650 g/mol. The van der Waals surface area contributed by atoms with Crippen molar-refractivity contribution in [2.24, 2.45) is 10.7 Å². The number of ether oxygens (including phenoxy) is 2. The first-order chi connectivity index (χ1) is 22.2. The van der Waals surface area contributed by atoms with Crippen molar-refractivity contribution in [3.8, 4) is 0 Å². The zero-order chi connectivity index (χ0) is 34.2. The Hall–Kier alpha value is -5.18. The number of nitrogens with zero attached hydrogens (tertiary/aromatic N) is 3. The van der Waals surface area contributed by atoms with Gasteiger partial charge in [0.15, 0.2) is 5.54 Å². The van der Waals surface area contributed by atoms with Crippen LogP contribution in [0, 0.1) is 0 Å². The van der Waals surface area contributed by atoms with Gasteiger partial charge in [-0.05, 0) is 51.3 Å². The van der Waals surface area contributed by atoms with Crippen molar-refractivity contribution in [3.05, 3.63) is 60.1 Å². The highest BCUT2D eigenvalue weighted by Gasteiger charge is 2.40. The molecule has 2 aliphatic rings. The second-order valence-electron chi connectivity index (χ2n) is 12.3. The van der Waals surface area contributed by atoms with Gasteiger partial charge in [0.05, 0.1) is 42.7 Å². The molecule has 3 heterocycles. The molecule has 0 radical (unpaired) electrons. The topological polar surface area (TPSA) is 210 Å². The molecule has 0 spiro atoms. The minimum atomic E-state index is -1.37. The molecule has 1 saturated heterocycles. The van der Waals surface area contributed by atoms with E-state index >= 15 is 0 Å². The van der Waals surface area contributed by atoms with Gasteiger partial charge in [0.25, 0.3) is 5.91 Å². The van der Waals surface area contributed by atoms with Gasteiger partial charge in [0.1, 0.15) is 17.5 Å². The van der Waals surface area contributed by atoms with Gasteiger partial charge in [-0.1, -0.05) is 24.3 Å². The normalized spacial score (nSPS) is 18.5. The molecule has 1 aromatic heterocycles. The SMILES string of the molecule is CC(C)(C)OC(=O)NC(CCC(=O)O)C(=O)NCc1ccc(C2=CN=C(N)C(C)(C(=O)Nc3cnccc3N3CCOCC3)N2)cc1. The summed E-state index contributed by atoms with van der Waals surface area (Å²) in [6.45, 7) is 9.37. The highest BCUT2D eigenvalue weighted by atomic mass is 16.6. The first-order valence-corrected chi connectivity index (χ1v) is 15.2. The van der Waals surface area contributed by atoms with E-state index in [4.69, 9.17) is 20.3 Å². The number of carbonyl (C=O) groups excluding carboxylic acids is 3. The van der Waals surface area contributed by atoms with Gasteiger partial charge in [0.2, 0.25) is 5.91 Å². The number of rotatable bonds is 11. The molecule has 1 aromatic carbocycles. The molecular weight excluding hydrogens is 608 g/mol. The predicted molar refractivity (Wildman–Crippen MR) is 175 cm³/mol. The number of hydrogen-bond donors (Lipinski definition) is 6.